The molecule has 0 spiro atoms. The number of benzene rings is 2. The van der Waals surface area contributed by atoms with Crippen LogP contribution in [0.3, 0.4) is 0 Å². The van der Waals surface area contributed by atoms with Crippen LogP contribution in [-0.4, -0.2) is 30.8 Å². The molecule has 0 N–H and O–H groups in total. The monoisotopic (exact) mass is 456 g/mol. The molecule has 3 aromatic rings. The third-order valence-corrected chi connectivity index (χ3v) is 5.05. The molecule has 0 amide bonds. The van der Waals surface area contributed by atoms with Crippen LogP contribution in [0.4, 0.5) is 0 Å². The first-order chi connectivity index (χ1) is 12.2. The molecule has 0 aliphatic carbocycles. The summed E-state index contributed by atoms with van der Waals surface area (Å²) in [7, 11) is -3.68. The molecule has 26 heavy (non-hydrogen) atoms. The van der Waals surface area contributed by atoms with Crippen molar-refractivity contribution in [1.82, 2.24) is 9.55 Å². The molecule has 136 valence electrons. The minimum atomic E-state index is -3.68. The Hall–Kier alpha value is -1.74. The van der Waals surface area contributed by atoms with Gasteiger partial charge in [0.05, 0.1) is 36.1 Å². The molecule has 0 fully saturated rings. The van der Waals surface area contributed by atoms with Crippen LogP contribution in [0.15, 0.2) is 58.1 Å². The number of halogens is 2. The lowest BCUT2D eigenvalue weighted by Crippen LogP contribution is -2.29. The van der Waals surface area contributed by atoms with E-state index in [9.17, 15) is 13.2 Å². The maximum atomic E-state index is 12.9. The zero-order valence-electron chi connectivity index (χ0n) is 13.6. The van der Waals surface area contributed by atoms with Gasteiger partial charge in [0, 0.05) is 9.50 Å². The van der Waals surface area contributed by atoms with Gasteiger partial charge in [-0.1, -0.05) is 39.7 Å². The fraction of sp³-hybridized carbons (Fsp3) is 0.176. The predicted molar refractivity (Wildman–Crippen MR) is 104 cm³/mol. The topological polar surface area (TPSA) is 78.3 Å². The zero-order chi connectivity index (χ0) is 18.9. The number of nitrogens with zero attached hydrogens (tertiary/aromatic N) is 2. The summed E-state index contributed by atoms with van der Waals surface area (Å²) in [6.07, 6.45) is 2.34. The summed E-state index contributed by atoms with van der Waals surface area (Å²) >= 11 is 9.40. The summed E-state index contributed by atoms with van der Waals surface area (Å²) in [5.74, 6) is 0. The van der Waals surface area contributed by atoms with Crippen molar-refractivity contribution in [2.45, 2.75) is 6.04 Å². The van der Waals surface area contributed by atoms with E-state index in [1.165, 1.54) is 10.9 Å². The quantitative estimate of drug-likeness (QED) is 0.549. The average molecular weight is 458 g/mol. The predicted octanol–water partition coefficient (Wildman–Crippen LogP) is 3.38. The smallest absolute Gasteiger partial charge is 0.264 e. The largest absolute Gasteiger partial charge is 0.289 e. The normalized spacial score (nSPS) is 13.0. The number of hydrogen-bond donors (Lipinski definition) is 0. The molecule has 1 heterocycles. The van der Waals surface area contributed by atoms with Gasteiger partial charge in [0.1, 0.15) is 0 Å². The highest BCUT2D eigenvalue weighted by Gasteiger charge is 2.20. The standard InChI is InChI=1S/C17H14BrClN2O4S/c1-26(23,24)25-9-16(11-3-2-4-13(19)7-11)21-10-20-15-8-12(18)5-6-14(15)17(21)22/h2-8,10,16H,9H2,1H3. The lowest BCUT2D eigenvalue weighted by Gasteiger charge is -2.20. The zero-order valence-corrected chi connectivity index (χ0v) is 16.8. The molecule has 2 aromatic carbocycles. The van der Waals surface area contributed by atoms with Crippen LogP contribution in [0, 0.1) is 0 Å². The van der Waals surface area contributed by atoms with Gasteiger partial charge in [-0.25, -0.2) is 4.98 Å². The molecule has 1 unspecified atom stereocenters. The third kappa shape index (κ3) is 4.32. The van der Waals surface area contributed by atoms with E-state index in [-0.39, 0.29) is 12.2 Å². The Labute approximate surface area is 163 Å². The van der Waals surface area contributed by atoms with E-state index in [4.69, 9.17) is 15.8 Å². The van der Waals surface area contributed by atoms with E-state index in [0.29, 0.717) is 21.5 Å². The molecule has 0 saturated heterocycles. The second-order valence-corrected chi connectivity index (χ2v) is 8.67. The van der Waals surface area contributed by atoms with Crippen molar-refractivity contribution >= 4 is 48.6 Å². The minimum Gasteiger partial charge on any atom is -0.289 e. The SMILES string of the molecule is CS(=O)(=O)OCC(c1cccc(Cl)c1)n1cnc2cc(Br)ccc2c1=O. The Morgan fingerprint density at radius 1 is 1.27 bits per heavy atom. The summed E-state index contributed by atoms with van der Waals surface area (Å²) in [5, 5.41) is 0.889. The Morgan fingerprint density at radius 2 is 2.04 bits per heavy atom. The van der Waals surface area contributed by atoms with Crippen LogP contribution in [0.2, 0.25) is 5.02 Å². The van der Waals surface area contributed by atoms with Crippen LogP contribution in [0.5, 0.6) is 0 Å². The van der Waals surface area contributed by atoms with Crippen molar-refractivity contribution in [3.05, 3.63) is 74.2 Å². The van der Waals surface area contributed by atoms with Crippen LogP contribution in [0.25, 0.3) is 10.9 Å². The van der Waals surface area contributed by atoms with Gasteiger partial charge in [0.25, 0.3) is 15.7 Å². The van der Waals surface area contributed by atoms with Gasteiger partial charge < -0.3 is 0 Å². The van der Waals surface area contributed by atoms with Crippen LogP contribution < -0.4 is 5.56 Å². The second kappa shape index (κ2) is 7.48. The molecule has 3 rings (SSSR count). The van der Waals surface area contributed by atoms with Gasteiger partial charge in [-0.15, -0.1) is 0 Å². The van der Waals surface area contributed by atoms with Crippen molar-refractivity contribution in [1.29, 1.82) is 0 Å². The van der Waals surface area contributed by atoms with Crippen molar-refractivity contribution in [3.63, 3.8) is 0 Å². The number of hydrogen-bond acceptors (Lipinski definition) is 5. The molecule has 0 saturated carbocycles. The Balaban J connectivity index is 2.15. The summed E-state index contributed by atoms with van der Waals surface area (Å²) in [6.45, 7) is -0.247. The van der Waals surface area contributed by atoms with Gasteiger partial charge in [0.2, 0.25) is 0 Å². The molecule has 0 bridgehead atoms. The summed E-state index contributed by atoms with van der Waals surface area (Å²) in [6, 6.07) is 11.3. The van der Waals surface area contributed by atoms with E-state index in [1.54, 1.807) is 42.5 Å². The molecule has 9 heteroatoms. The summed E-state index contributed by atoms with van der Waals surface area (Å²) in [5.41, 5.74) is 0.876. The summed E-state index contributed by atoms with van der Waals surface area (Å²) < 4.78 is 30.0. The van der Waals surface area contributed by atoms with E-state index in [0.717, 1.165) is 10.7 Å². The number of fused-ring (bicyclic) bond motifs is 1. The van der Waals surface area contributed by atoms with Crippen LogP contribution in [0.1, 0.15) is 11.6 Å². The van der Waals surface area contributed by atoms with Crippen LogP contribution >= 0.6 is 27.5 Å². The highest BCUT2D eigenvalue weighted by atomic mass is 79.9. The van der Waals surface area contributed by atoms with Gasteiger partial charge in [-0.05, 0) is 35.9 Å². The molecule has 0 aliphatic rings. The van der Waals surface area contributed by atoms with Crippen molar-refractivity contribution in [2.75, 3.05) is 12.9 Å². The molecule has 0 radical (unpaired) electrons. The summed E-state index contributed by atoms with van der Waals surface area (Å²) in [4.78, 5) is 17.2. The molecular weight excluding hydrogens is 444 g/mol. The van der Waals surface area contributed by atoms with Gasteiger partial charge in [0.15, 0.2) is 0 Å². The average Bonchev–Trinajstić information content (AvgIpc) is 2.56. The maximum Gasteiger partial charge on any atom is 0.264 e. The minimum absolute atomic E-state index is 0.247. The first-order valence-corrected chi connectivity index (χ1v) is 10.5. The maximum absolute atomic E-state index is 12.9. The number of aromatic nitrogens is 2. The highest BCUT2D eigenvalue weighted by molar-refractivity contribution is 9.10. The second-order valence-electron chi connectivity index (χ2n) is 5.68. The Bertz CT molecular complexity index is 1130. The van der Waals surface area contributed by atoms with Gasteiger partial charge in [-0.3, -0.25) is 13.5 Å². The van der Waals surface area contributed by atoms with Crippen molar-refractivity contribution in [2.24, 2.45) is 0 Å². The van der Waals surface area contributed by atoms with Crippen molar-refractivity contribution < 1.29 is 12.6 Å². The molecule has 0 aliphatic heterocycles. The van der Waals surface area contributed by atoms with E-state index < -0.39 is 16.2 Å². The Morgan fingerprint density at radius 3 is 2.73 bits per heavy atom. The third-order valence-electron chi connectivity index (χ3n) is 3.76. The first kappa shape index (κ1) is 19.0. The molecule has 1 atom stereocenters. The van der Waals surface area contributed by atoms with Gasteiger partial charge >= 0.3 is 0 Å². The van der Waals surface area contributed by atoms with Crippen molar-refractivity contribution in [3.8, 4) is 0 Å². The number of rotatable bonds is 5. The fourth-order valence-electron chi connectivity index (χ4n) is 2.57. The molecule has 6 nitrogen and oxygen atoms in total. The lowest BCUT2D eigenvalue weighted by molar-refractivity contribution is 0.275. The van der Waals surface area contributed by atoms with E-state index in [2.05, 4.69) is 20.9 Å². The first-order valence-electron chi connectivity index (χ1n) is 7.51. The molecule has 1 aromatic heterocycles. The highest BCUT2D eigenvalue weighted by Crippen LogP contribution is 2.23. The lowest BCUT2D eigenvalue weighted by atomic mass is 10.1. The van der Waals surface area contributed by atoms with E-state index >= 15 is 0 Å². The van der Waals surface area contributed by atoms with Gasteiger partial charge in [-0.2, -0.15) is 8.42 Å². The van der Waals surface area contributed by atoms with Crippen LogP contribution in [-0.2, 0) is 14.3 Å². The van der Waals surface area contributed by atoms with E-state index in [1.807, 2.05) is 0 Å². The Kier molecular flexibility index (Phi) is 5.47. The fourth-order valence-corrected chi connectivity index (χ4v) is 3.49. The molecular formula is C17H14BrClN2O4S.